The topological polar surface area (TPSA) is 68.2 Å². The summed E-state index contributed by atoms with van der Waals surface area (Å²) in [5, 5.41) is 7.37. The largest absolute Gasteiger partial charge is 0.378 e. The molecule has 1 aliphatic heterocycles. The standard InChI is InChI=1S/C8H14N4O/c9-7-8(11-13-10-7)12-5-3-1-2-4-6-12/h1-6H2,(H2,9,10). The van der Waals surface area contributed by atoms with Crippen LogP contribution >= 0.6 is 0 Å². The number of anilines is 2. The highest BCUT2D eigenvalue weighted by molar-refractivity contribution is 5.56. The summed E-state index contributed by atoms with van der Waals surface area (Å²) in [7, 11) is 0. The fourth-order valence-corrected chi connectivity index (χ4v) is 1.69. The van der Waals surface area contributed by atoms with E-state index in [9.17, 15) is 0 Å². The number of hydrogen-bond acceptors (Lipinski definition) is 5. The van der Waals surface area contributed by atoms with Crippen LogP contribution in [0.1, 0.15) is 25.7 Å². The lowest BCUT2D eigenvalue weighted by molar-refractivity contribution is 0.309. The van der Waals surface area contributed by atoms with E-state index in [-0.39, 0.29) is 0 Å². The Morgan fingerprint density at radius 3 is 2.31 bits per heavy atom. The van der Waals surface area contributed by atoms with Crippen molar-refractivity contribution in [1.82, 2.24) is 10.3 Å². The Labute approximate surface area is 76.9 Å². The smallest absolute Gasteiger partial charge is 0.217 e. The monoisotopic (exact) mass is 182 g/mol. The van der Waals surface area contributed by atoms with Gasteiger partial charge in [0.05, 0.1) is 0 Å². The first-order chi connectivity index (χ1) is 6.38. The average Bonchev–Trinajstić information content (AvgIpc) is 2.43. The van der Waals surface area contributed by atoms with Crippen LogP contribution in [0.5, 0.6) is 0 Å². The molecule has 0 aliphatic carbocycles. The predicted octanol–water partition coefficient (Wildman–Crippen LogP) is 1.03. The Balaban J connectivity index is 2.10. The third kappa shape index (κ3) is 1.74. The van der Waals surface area contributed by atoms with Crippen LogP contribution in [0.3, 0.4) is 0 Å². The maximum Gasteiger partial charge on any atom is 0.217 e. The van der Waals surface area contributed by atoms with Crippen molar-refractivity contribution < 1.29 is 4.63 Å². The summed E-state index contributed by atoms with van der Waals surface area (Å²) < 4.78 is 4.57. The van der Waals surface area contributed by atoms with Gasteiger partial charge in [-0.15, -0.1) is 0 Å². The number of nitrogens with two attached hydrogens (primary N) is 1. The Bertz CT molecular complexity index is 265. The van der Waals surface area contributed by atoms with Crippen molar-refractivity contribution >= 4 is 11.6 Å². The van der Waals surface area contributed by atoms with Gasteiger partial charge >= 0.3 is 0 Å². The first-order valence-corrected chi connectivity index (χ1v) is 4.71. The van der Waals surface area contributed by atoms with Crippen LogP contribution in [-0.4, -0.2) is 23.4 Å². The summed E-state index contributed by atoms with van der Waals surface area (Å²) in [6, 6.07) is 0. The van der Waals surface area contributed by atoms with E-state index in [2.05, 4.69) is 19.8 Å². The molecule has 0 atom stereocenters. The zero-order valence-electron chi connectivity index (χ0n) is 7.57. The molecule has 0 unspecified atom stereocenters. The van der Waals surface area contributed by atoms with Gasteiger partial charge in [-0.3, -0.25) is 0 Å². The Morgan fingerprint density at radius 2 is 1.77 bits per heavy atom. The molecule has 2 rings (SSSR count). The minimum absolute atomic E-state index is 0.405. The molecule has 0 amide bonds. The van der Waals surface area contributed by atoms with Crippen molar-refractivity contribution in [2.45, 2.75) is 25.7 Å². The van der Waals surface area contributed by atoms with Gasteiger partial charge in [0.15, 0.2) is 0 Å². The molecule has 13 heavy (non-hydrogen) atoms. The van der Waals surface area contributed by atoms with Crippen molar-refractivity contribution in [1.29, 1.82) is 0 Å². The second-order valence-corrected chi connectivity index (χ2v) is 3.37. The lowest BCUT2D eigenvalue weighted by Gasteiger charge is -2.18. The Kier molecular flexibility index (Phi) is 2.33. The summed E-state index contributed by atoms with van der Waals surface area (Å²) in [5.74, 6) is 1.11. The molecule has 5 nitrogen and oxygen atoms in total. The van der Waals surface area contributed by atoms with Crippen LogP contribution in [0.2, 0.25) is 0 Å². The van der Waals surface area contributed by atoms with Crippen LogP contribution in [-0.2, 0) is 0 Å². The maximum absolute atomic E-state index is 5.61. The molecule has 5 heteroatoms. The van der Waals surface area contributed by atoms with Gasteiger partial charge in [0, 0.05) is 13.1 Å². The van der Waals surface area contributed by atoms with Crippen LogP contribution in [0.25, 0.3) is 0 Å². The van der Waals surface area contributed by atoms with Gasteiger partial charge in [-0.25, -0.2) is 4.63 Å². The van der Waals surface area contributed by atoms with Crippen LogP contribution < -0.4 is 10.6 Å². The first-order valence-electron chi connectivity index (χ1n) is 4.71. The summed E-state index contributed by atoms with van der Waals surface area (Å²) in [6.07, 6.45) is 4.99. The fraction of sp³-hybridized carbons (Fsp3) is 0.750. The van der Waals surface area contributed by atoms with Crippen LogP contribution in [0.15, 0.2) is 4.63 Å². The van der Waals surface area contributed by atoms with Gasteiger partial charge in [-0.1, -0.05) is 12.8 Å². The molecule has 2 heterocycles. The Morgan fingerprint density at radius 1 is 1.08 bits per heavy atom. The maximum atomic E-state index is 5.61. The van der Waals surface area contributed by atoms with Crippen molar-refractivity contribution in [2.75, 3.05) is 23.7 Å². The zero-order chi connectivity index (χ0) is 9.10. The van der Waals surface area contributed by atoms with E-state index in [1.165, 1.54) is 25.7 Å². The van der Waals surface area contributed by atoms with Crippen LogP contribution in [0, 0.1) is 0 Å². The lowest BCUT2D eigenvalue weighted by Crippen LogP contribution is -2.25. The second-order valence-electron chi connectivity index (χ2n) is 3.37. The third-order valence-corrected chi connectivity index (χ3v) is 2.40. The van der Waals surface area contributed by atoms with Crippen molar-refractivity contribution in [3.05, 3.63) is 0 Å². The van der Waals surface area contributed by atoms with E-state index in [0.29, 0.717) is 11.6 Å². The number of aromatic nitrogens is 2. The molecule has 0 bridgehead atoms. The van der Waals surface area contributed by atoms with E-state index in [4.69, 9.17) is 5.73 Å². The lowest BCUT2D eigenvalue weighted by atomic mass is 10.2. The van der Waals surface area contributed by atoms with Gasteiger partial charge in [-0.05, 0) is 23.2 Å². The van der Waals surface area contributed by atoms with Crippen molar-refractivity contribution in [3.8, 4) is 0 Å². The van der Waals surface area contributed by atoms with E-state index in [1.54, 1.807) is 0 Å². The molecule has 1 fully saturated rings. The summed E-state index contributed by atoms with van der Waals surface area (Å²) in [4.78, 5) is 2.15. The third-order valence-electron chi connectivity index (χ3n) is 2.40. The minimum atomic E-state index is 0.405. The van der Waals surface area contributed by atoms with E-state index in [0.717, 1.165) is 13.1 Å². The quantitative estimate of drug-likeness (QED) is 0.702. The van der Waals surface area contributed by atoms with Gasteiger partial charge in [0.1, 0.15) is 0 Å². The number of hydrogen-bond donors (Lipinski definition) is 1. The normalized spacial score (nSPS) is 18.6. The second kappa shape index (κ2) is 3.64. The molecule has 0 aromatic carbocycles. The van der Waals surface area contributed by atoms with Gasteiger partial charge in [0.2, 0.25) is 11.6 Å². The van der Waals surface area contributed by atoms with Gasteiger partial charge in [-0.2, -0.15) is 0 Å². The van der Waals surface area contributed by atoms with E-state index in [1.807, 2.05) is 0 Å². The summed E-state index contributed by atoms with van der Waals surface area (Å²) >= 11 is 0. The molecule has 1 saturated heterocycles. The fourth-order valence-electron chi connectivity index (χ4n) is 1.69. The molecule has 1 aromatic rings. The minimum Gasteiger partial charge on any atom is -0.378 e. The number of nitrogens with zero attached hydrogens (tertiary/aromatic N) is 3. The molecule has 2 N–H and O–H groups in total. The molecule has 1 aromatic heterocycles. The van der Waals surface area contributed by atoms with Gasteiger partial charge < -0.3 is 10.6 Å². The molecule has 1 aliphatic rings. The average molecular weight is 182 g/mol. The van der Waals surface area contributed by atoms with E-state index < -0.39 is 0 Å². The number of nitrogen functional groups attached to an aromatic ring is 1. The molecular weight excluding hydrogens is 168 g/mol. The van der Waals surface area contributed by atoms with Crippen molar-refractivity contribution in [2.24, 2.45) is 0 Å². The first kappa shape index (κ1) is 8.34. The molecule has 0 radical (unpaired) electrons. The SMILES string of the molecule is Nc1nonc1N1CCCCCC1. The summed E-state index contributed by atoms with van der Waals surface area (Å²) in [6.45, 7) is 2.02. The highest BCUT2D eigenvalue weighted by Gasteiger charge is 2.16. The predicted molar refractivity (Wildman–Crippen MR) is 49.4 cm³/mol. The molecule has 72 valence electrons. The molecule has 0 spiro atoms. The van der Waals surface area contributed by atoms with E-state index >= 15 is 0 Å². The van der Waals surface area contributed by atoms with Crippen LogP contribution in [0.4, 0.5) is 11.6 Å². The summed E-state index contributed by atoms with van der Waals surface area (Å²) in [5.41, 5.74) is 5.61. The highest BCUT2D eigenvalue weighted by atomic mass is 16.6. The zero-order valence-corrected chi connectivity index (χ0v) is 7.57. The molecular formula is C8H14N4O. The van der Waals surface area contributed by atoms with Crippen molar-refractivity contribution in [3.63, 3.8) is 0 Å². The van der Waals surface area contributed by atoms with Gasteiger partial charge in [0.25, 0.3) is 0 Å². The molecule has 0 saturated carbocycles. The Hall–Kier alpha value is -1.26. The highest BCUT2D eigenvalue weighted by Crippen LogP contribution is 2.21. The number of rotatable bonds is 1.